The van der Waals surface area contributed by atoms with Gasteiger partial charge in [0.05, 0.1) is 19.5 Å². The van der Waals surface area contributed by atoms with Crippen LogP contribution >= 0.6 is 8.07 Å². The topological polar surface area (TPSA) is 196 Å². The Labute approximate surface area is 188 Å². The molecular formula is C18H34N3O10P. The van der Waals surface area contributed by atoms with E-state index in [2.05, 4.69) is 4.90 Å². The quantitative estimate of drug-likeness (QED) is 0.165. The maximum atomic E-state index is 10.5. The summed E-state index contributed by atoms with van der Waals surface area (Å²) in [5.41, 5.74) is 0. The highest BCUT2D eigenvalue weighted by molar-refractivity contribution is 7.54. The number of aliphatic hydroxyl groups excluding tert-OH is 1. The van der Waals surface area contributed by atoms with E-state index in [-0.39, 0.29) is 32.2 Å². The summed E-state index contributed by atoms with van der Waals surface area (Å²) in [6.07, 6.45) is 2.02. The monoisotopic (exact) mass is 483 g/mol. The summed E-state index contributed by atoms with van der Waals surface area (Å²) < 4.78 is 1.28. The van der Waals surface area contributed by atoms with Gasteiger partial charge in [-0.3, -0.25) is 33.6 Å². The van der Waals surface area contributed by atoms with Gasteiger partial charge in [0.1, 0.15) is 19.4 Å². The van der Waals surface area contributed by atoms with Gasteiger partial charge in [0.25, 0.3) is 0 Å². The number of nitrogens with zero attached hydrogens (tertiary/aromatic N) is 3. The lowest BCUT2D eigenvalue weighted by Crippen LogP contribution is -2.34. The molecule has 13 nitrogen and oxygen atoms in total. The minimum atomic E-state index is -1.12. The first-order valence-corrected chi connectivity index (χ1v) is 11.6. The second-order valence-corrected chi connectivity index (χ2v) is 8.95. The number of aldehydes is 1. The number of carbonyl (C=O) groups excluding carboxylic acids is 1. The number of aliphatic hydroxyl groups is 1. The van der Waals surface area contributed by atoms with Gasteiger partial charge in [-0.1, -0.05) is 0 Å². The Morgan fingerprint density at radius 2 is 1.34 bits per heavy atom. The fourth-order valence-electron chi connectivity index (χ4n) is 2.67. The standard InChI is InChI=1S/C9H16N2O3.C8H14NO6P.CH4O/c12-7-6-10-2-1-3-11(5-4-10)8-9(13)14;1-16(3-2-6(10)11)9(4-7(12)13)5-8(14)15;1-2/h7H,1-6,8H2,(H,13,14);2-5H2,1H3,(H,10,11)(H,12,13)(H,14,15);2H,1H3. The zero-order valence-electron chi connectivity index (χ0n) is 18.4. The zero-order valence-corrected chi connectivity index (χ0v) is 19.3. The minimum absolute atomic E-state index is 0.0854. The summed E-state index contributed by atoms with van der Waals surface area (Å²) in [5, 5.41) is 41.2. The molecule has 1 atom stereocenters. The Morgan fingerprint density at radius 1 is 0.844 bits per heavy atom. The Kier molecular flexibility index (Phi) is 19.5. The van der Waals surface area contributed by atoms with Crippen LogP contribution in [0.4, 0.5) is 0 Å². The molecule has 0 aromatic heterocycles. The van der Waals surface area contributed by atoms with Crippen molar-refractivity contribution in [1.82, 2.24) is 14.5 Å². The van der Waals surface area contributed by atoms with Crippen LogP contribution < -0.4 is 0 Å². The summed E-state index contributed by atoms with van der Waals surface area (Å²) in [5.74, 6) is -3.99. The Hall–Kier alpha value is -2.18. The first-order chi connectivity index (χ1) is 15.0. The van der Waals surface area contributed by atoms with E-state index in [1.165, 1.54) is 4.67 Å². The molecule has 14 heteroatoms. The van der Waals surface area contributed by atoms with Crippen molar-refractivity contribution in [3.8, 4) is 0 Å². The second-order valence-electron chi connectivity index (χ2n) is 6.63. The van der Waals surface area contributed by atoms with Crippen LogP contribution in [0.5, 0.6) is 0 Å². The van der Waals surface area contributed by atoms with Crippen molar-refractivity contribution >= 4 is 38.2 Å². The number of aliphatic carboxylic acids is 4. The molecule has 0 aromatic rings. The van der Waals surface area contributed by atoms with Crippen LogP contribution in [-0.2, 0) is 24.0 Å². The summed E-state index contributed by atoms with van der Waals surface area (Å²) >= 11 is 0. The molecule has 186 valence electrons. The maximum Gasteiger partial charge on any atom is 0.318 e. The molecule has 1 rings (SSSR count). The highest BCUT2D eigenvalue weighted by Gasteiger charge is 2.20. The molecule has 0 saturated carbocycles. The van der Waals surface area contributed by atoms with Gasteiger partial charge >= 0.3 is 23.9 Å². The van der Waals surface area contributed by atoms with Gasteiger partial charge in [-0.2, -0.15) is 0 Å². The van der Waals surface area contributed by atoms with Gasteiger partial charge in [0, 0.05) is 26.7 Å². The van der Waals surface area contributed by atoms with E-state index in [0.29, 0.717) is 6.54 Å². The van der Waals surface area contributed by atoms with Gasteiger partial charge in [-0.15, -0.1) is 0 Å². The van der Waals surface area contributed by atoms with Crippen molar-refractivity contribution in [2.75, 3.05) is 72.3 Å². The van der Waals surface area contributed by atoms with E-state index < -0.39 is 31.9 Å². The van der Waals surface area contributed by atoms with Crippen LogP contribution in [0.15, 0.2) is 0 Å². The molecule has 1 aliphatic heterocycles. The maximum absolute atomic E-state index is 10.5. The minimum Gasteiger partial charge on any atom is -0.481 e. The molecular weight excluding hydrogens is 449 g/mol. The first kappa shape index (κ1) is 32.0. The van der Waals surface area contributed by atoms with E-state index in [0.717, 1.165) is 46.0 Å². The molecule has 0 radical (unpaired) electrons. The second kappa shape index (κ2) is 19.5. The normalized spacial score (nSPS) is 15.2. The van der Waals surface area contributed by atoms with Crippen molar-refractivity contribution in [3.63, 3.8) is 0 Å². The van der Waals surface area contributed by atoms with Crippen molar-refractivity contribution in [2.45, 2.75) is 12.8 Å². The van der Waals surface area contributed by atoms with Gasteiger partial charge in [0.2, 0.25) is 0 Å². The lowest BCUT2D eigenvalue weighted by atomic mass is 10.4. The van der Waals surface area contributed by atoms with Crippen LogP contribution in [0.3, 0.4) is 0 Å². The van der Waals surface area contributed by atoms with E-state index in [9.17, 15) is 24.0 Å². The van der Waals surface area contributed by atoms with Gasteiger partial charge < -0.3 is 30.3 Å². The van der Waals surface area contributed by atoms with E-state index >= 15 is 0 Å². The van der Waals surface area contributed by atoms with Crippen LogP contribution in [-0.4, -0.2) is 142 Å². The number of carboxylic acid groups (broad SMARTS) is 4. The van der Waals surface area contributed by atoms with Crippen molar-refractivity contribution in [1.29, 1.82) is 0 Å². The van der Waals surface area contributed by atoms with Crippen molar-refractivity contribution < 1.29 is 49.5 Å². The summed E-state index contributed by atoms with van der Waals surface area (Å²) in [6, 6.07) is 0. The molecule has 1 heterocycles. The van der Waals surface area contributed by atoms with Crippen molar-refractivity contribution in [2.24, 2.45) is 0 Å². The third-order valence-corrected chi connectivity index (χ3v) is 6.26. The van der Waals surface area contributed by atoms with Gasteiger partial charge in [-0.05, 0) is 33.9 Å². The van der Waals surface area contributed by atoms with E-state index in [4.69, 9.17) is 25.5 Å². The molecule has 0 spiro atoms. The van der Waals surface area contributed by atoms with Gasteiger partial charge in [0.15, 0.2) is 0 Å². The van der Waals surface area contributed by atoms with Crippen molar-refractivity contribution in [3.05, 3.63) is 0 Å². The molecule has 32 heavy (non-hydrogen) atoms. The Morgan fingerprint density at radius 3 is 1.78 bits per heavy atom. The number of carboxylic acids is 4. The average Bonchev–Trinajstić information content (AvgIpc) is 2.92. The zero-order chi connectivity index (χ0) is 25.1. The number of hydrogen-bond donors (Lipinski definition) is 5. The SMILES string of the molecule is CO.CP(CCC(=O)O)N(CC(=O)O)CC(=O)O.O=CCN1CCCN(CC(=O)O)CC1. The average molecular weight is 483 g/mol. The van der Waals surface area contributed by atoms with Crippen LogP contribution in [0, 0.1) is 0 Å². The Bertz CT molecular complexity index is 577. The van der Waals surface area contributed by atoms with Crippen LogP contribution in [0.1, 0.15) is 12.8 Å². The molecule has 1 saturated heterocycles. The summed E-state index contributed by atoms with van der Waals surface area (Å²) in [6.45, 7) is 4.69. The number of rotatable bonds is 12. The van der Waals surface area contributed by atoms with E-state index in [1.807, 2.05) is 4.90 Å². The molecule has 0 aliphatic carbocycles. The fourth-order valence-corrected chi connectivity index (χ4v) is 4.19. The van der Waals surface area contributed by atoms with Crippen LogP contribution in [0.2, 0.25) is 0 Å². The smallest absolute Gasteiger partial charge is 0.318 e. The molecule has 1 fully saturated rings. The molecule has 1 aliphatic rings. The molecule has 0 amide bonds. The first-order valence-electron chi connectivity index (χ1n) is 9.71. The predicted molar refractivity (Wildman–Crippen MR) is 116 cm³/mol. The Balaban J connectivity index is 0. The number of carbonyl (C=O) groups is 5. The lowest BCUT2D eigenvalue weighted by Gasteiger charge is -2.25. The van der Waals surface area contributed by atoms with Gasteiger partial charge in [-0.25, -0.2) is 0 Å². The largest absolute Gasteiger partial charge is 0.481 e. The third kappa shape index (κ3) is 18.6. The molecule has 5 N–H and O–H groups in total. The third-order valence-electron chi connectivity index (χ3n) is 4.14. The van der Waals surface area contributed by atoms with Crippen LogP contribution in [0.25, 0.3) is 0 Å². The summed E-state index contributed by atoms with van der Waals surface area (Å²) in [7, 11) is -0.0507. The predicted octanol–water partition coefficient (Wildman–Crippen LogP) is -1.15. The molecule has 0 aromatic carbocycles. The molecule has 0 bridgehead atoms. The molecule has 1 unspecified atom stereocenters. The van der Waals surface area contributed by atoms with E-state index in [1.54, 1.807) is 6.66 Å². The summed E-state index contributed by atoms with van der Waals surface area (Å²) in [4.78, 5) is 56.0. The highest BCUT2D eigenvalue weighted by Crippen LogP contribution is 2.35. The number of hydrogen-bond acceptors (Lipinski definition) is 9. The lowest BCUT2D eigenvalue weighted by molar-refractivity contribution is -0.140. The fraction of sp³-hybridized carbons (Fsp3) is 0.722. The highest BCUT2D eigenvalue weighted by atomic mass is 31.1.